The molecule has 0 bridgehead atoms. The second-order valence-electron chi connectivity index (χ2n) is 7.75. The Morgan fingerprint density at radius 3 is 2.29 bits per heavy atom. The molecule has 2 aromatic carbocycles. The molecule has 2 rings (SSSR count). The van der Waals surface area contributed by atoms with Crippen molar-refractivity contribution in [2.75, 3.05) is 39.6 Å². The molecule has 9 heteroatoms. The number of ether oxygens (including phenoxy) is 1. The van der Waals surface area contributed by atoms with Crippen LogP contribution in [0.5, 0.6) is 5.75 Å². The van der Waals surface area contributed by atoms with Crippen molar-refractivity contribution in [1.82, 2.24) is 9.21 Å². The van der Waals surface area contributed by atoms with E-state index in [0.29, 0.717) is 18.8 Å². The maximum atomic E-state index is 12.7. The molecule has 7 nitrogen and oxygen atoms in total. The third kappa shape index (κ3) is 6.67. The summed E-state index contributed by atoms with van der Waals surface area (Å²) in [5, 5.41) is 2.86. The molecule has 0 heterocycles. The molecule has 0 fully saturated rings. The lowest BCUT2D eigenvalue weighted by Crippen LogP contribution is -2.41. The van der Waals surface area contributed by atoms with E-state index >= 15 is 0 Å². The van der Waals surface area contributed by atoms with Gasteiger partial charge in [0.15, 0.2) is 0 Å². The summed E-state index contributed by atoms with van der Waals surface area (Å²) in [6.45, 7) is 6.79. The molecule has 170 valence electrons. The topological polar surface area (TPSA) is 79.0 Å². The quantitative estimate of drug-likeness (QED) is 0.610. The summed E-state index contributed by atoms with van der Waals surface area (Å²) in [5.74, 6) is 0.545. The number of carbonyl (C=O) groups excluding carboxylic acids is 1. The van der Waals surface area contributed by atoms with Crippen molar-refractivity contribution in [3.8, 4) is 5.75 Å². The molecule has 0 saturated carbocycles. The number of likely N-dealkylation sites (N-methyl/N-ethyl adjacent to an activating group) is 1. The Bertz CT molecular complexity index is 1020. The number of nitrogens with zero attached hydrogens (tertiary/aromatic N) is 2. The molecule has 31 heavy (non-hydrogen) atoms. The van der Waals surface area contributed by atoms with Crippen molar-refractivity contribution in [1.29, 1.82) is 0 Å². The molecular formula is C22H30ClN3O4S. The highest BCUT2D eigenvalue weighted by Gasteiger charge is 2.23. The van der Waals surface area contributed by atoms with E-state index in [1.54, 1.807) is 13.0 Å². The SMILES string of the molecule is Cc1cc(C)cc(OCCN(C)C(C)C(=O)Nc2ccc(Cl)c(S(=O)(=O)N(C)C)c2)c1. The fourth-order valence-corrected chi connectivity index (χ4v) is 4.33. The number of nitrogens with one attached hydrogen (secondary N) is 1. The van der Waals surface area contributed by atoms with E-state index in [-0.39, 0.29) is 15.8 Å². The molecule has 0 aliphatic carbocycles. The lowest BCUT2D eigenvalue weighted by atomic mass is 10.1. The van der Waals surface area contributed by atoms with Gasteiger partial charge in [-0.15, -0.1) is 0 Å². The van der Waals surface area contributed by atoms with Gasteiger partial charge in [-0.05, 0) is 69.3 Å². The zero-order chi connectivity index (χ0) is 23.3. The molecule has 1 amide bonds. The minimum absolute atomic E-state index is 0.0557. The summed E-state index contributed by atoms with van der Waals surface area (Å²) in [6.07, 6.45) is 0. The van der Waals surface area contributed by atoms with Gasteiger partial charge < -0.3 is 10.1 Å². The van der Waals surface area contributed by atoms with Crippen molar-refractivity contribution < 1.29 is 17.9 Å². The molecular weight excluding hydrogens is 438 g/mol. The largest absolute Gasteiger partial charge is 0.492 e. The lowest BCUT2D eigenvalue weighted by Gasteiger charge is -2.24. The van der Waals surface area contributed by atoms with E-state index in [2.05, 4.69) is 11.4 Å². The highest BCUT2D eigenvalue weighted by Crippen LogP contribution is 2.27. The van der Waals surface area contributed by atoms with Gasteiger partial charge in [0.1, 0.15) is 17.3 Å². The van der Waals surface area contributed by atoms with Crippen LogP contribution in [0.4, 0.5) is 5.69 Å². The summed E-state index contributed by atoms with van der Waals surface area (Å²) < 4.78 is 31.7. The summed E-state index contributed by atoms with van der Waals surface area (Å²) >= 11 is 6.06. The summed E-state index contributed by atoms with van der Waals surface area (Å²) in [4.78, 5) is 14.5. The van der Waals surface area contributed by atoms with Gasteiger partial charge in [0.2, 0.25) is 15.9 Å². The van der Waals surface area contributed by atoms with Gasteiger partial charge in [0, 0.05) is 26.3 Å². The van der Waals surface area contributed by atoms with Crippen LogP contribution in [0, 0.1) is 13.8 Å². The average Bonchev–Trinajstić information content (AvgIpc) is 2.67. The number of amides is 1. The number of anilines is 1. The molecule has 0 aliphatic heterocycles. The Labute approximate surface area is 190 Å². The maximum Gasteiger partial charge on any atom is 0.244 e. The molecule has 0 aliphatic rings. The number of benzene rings is 2. The number of rotatable bonds is 9. The zero-order valence-corrected chi connectivity index (χ0v) is 20.3. The number of halogens is 1. The number of carbonyl (C=O) groups is 1. The van der Waals surface area contributed by atoms with Crippen LogP contribution in [0.2, 0.25) is 5.02 Å². The molecule has 1 atom stereocenters. The monoisotopic (exact) mass is 467 g/mol. The third-order valence-electron chi connectivity index (χ3n) is 4.91. The summed E-state index contributed by atoms with van der Waals surface area (Å²) in [5.41, 5.74) is 2.63. The van der Waals surface area contributed by atoms with Crippen molar-refractivity contribution in [2.45, 2.75) is 31.7 Å². The van der Waals surface area contributed by atoms with Gasteiger partial charge >= 0.3 is 0 Å². The van der Waals surface area contributed by atoms with E-state index in [1.165, 1.54) is 26.2 Å². The van der Waals surface area contributed by atoms with Crippen molar-refractivity contribution >= 4 is 33.2 Å². The van der Waals surface area contributed by atoms with Crippen molar-refractivity contribution in [3.63, 3.8) is 0 Å². The summed E-state index contributed by atoms with van der Waals surface area (Å²) in [7, 11) is 0.958. The Hall–Kier alpha value is -2.13. The first-order chi connectivity index (χ1) is 14.4. The fraction of sp³-hybridized carbons (Fsp3) is 0.409. The normalized spacial score (nSPS) is 12.8. The van der Waals surface area contributed by atoms with Crippen LogP contribution >= 0.6 is 11.6 Å². The average molecular weight is 468 g/mol. The number of hydrogen-bond donors (Lipinski definition) is 1. The van der Waals surface area contributed by atoms with E-state index < -0.39 is 16.1 Å². The van der Waals surface area contributed by atoms with Crippen LogP contribution in [0.3, 0.4) is 0 Å². The predicted octanol–water partition coefficient (Wildman–Crippen LogP) is 3.54. The van der Waals surface area contributed by atoms with Gasteiger partial charge in [-0.1, -0.05) is 17.7 Å². The molecule has 2 aromatic rings. The number of sulfonamides is 1. The predicted molar refractivity (Wildman–Crippen MR) is 124 cm³/mol. The number of hydrogen-bond acceptors (Lipinski definition) is 5. The highest BCUT2D eigenvalue weighted by atomic mass is 35.5. The minimum atomic E-state index is -3.72. The highest BCUT2D eigenvalue weighted by molar-refractivity contribution is 7.89. The Morgan fingerprint density at radius 1 is 1.10 bits per heavy atom. The Balaban J connectivity index is 1.98. The van der Waals surface area contributed by atoms with Crippen LogP contribution in [0.15, 0.2) is 41.3 Å². The molecule has 0 spiro atoms. The van der Waals surface area contributed by atoms with Crippen molar-refractivity contribution in [3.05, 3.63) is 52.5 Å². The fourth-order valence-electron chi connectivity index (χ4n) is 2.94. The first kappa shape index (κ1) is 25.1. The number of aryl methyl sites for hydroxylation is 2. The summed E-state index contributed by atoms with van der Waals surface area (Å²) in [6, 6.07) is 9.98. The first-order valence-corrected chi connectivity index (χ1v) is 11.7. The Kier molecular flexibility index (Phi) is 8.48. The first-order valence-electron chi connectivity index (χ1n) is 9.86. The van der Waals surface area contributed by atoms with Crippen LogP contribution < -0.4 is 10.1 Å². The van der Waals surface area contributed by atoms with Crippen LogP contribution in [0.25, 0.3) is 0 Å². The molecule has 1 unspecified atom stereocenters. The zero-order valence-electron chi connectivity index (χ0n) is 18.8. The third-order valence-corrected chi connectivity index (χ3v) is 7.20. The van der Waals surface area contributed by atoms with Gasteiger partial charge in [0.25, 0.3) is 0 Å². The van der Waals surface area contributed by atoms with Crippen molar-refractivity contribution in [2.24, 2.45) is 0 Å². The van der Waals surface area contributed by atoms with E-state index in [4.69, 9.17) is 16.3 Å². The Morgan fingerprint density at radius 2 is 1.71 bits per heavy atom. The van der Waals surface area contributed by atoms with Gasteiger partial charge in [-0.25, -0.2) is 12.7 Å². The minimum Gasteiger partial charge on any atom is -0.492 e. The molecule has 1 N–H and O–H groups in total. The van der Waals surface area contributed by atoms with Crippen LogP contribution in [-0.2, 0) is 14.8 Å². The lowest BCUT2D eigenvalue weighted by molar-refractivity contribution is -0.120. The van der Waals surface area contributed by atoms with E-state index in [9.17, 15) is 13.2 Å². The molecule has 0 saturated heterocycles. The standard InChI is InChI=1S/C22H30ClN3O4S/c1-15-11-16(2)13-19(12-15)30-10-9-26(6)17(3)22(27)24-18-7-8-20(23)21(14-18)31(28,29)25(4)5/h7-8,11-14,17H,9-10H2,1-6H3,(H,24,27). The second-order valence-corrected chi connectivity index (χ2v) is 10.3. The van der Waals surface area contributed by atoms with Gasteiger partial charge in [-0.2, -0.15) is 0 Å². The van der Waals surface area contributed by atoms with Crippen LogP contribution in [0.1, 0.15) is 18.1 Å². The van der Waals surface area contributed by atoms with E-state index in [1.807, 2.05) is 37.9 Å². The van der Waals surface area contributed by atoms with Crippen LogP contribution in [-0.4, -0.2) is 63.9 Å². The van der Waals surface area contributed by atoms with Gasteiger partial charge in [-0.3, -0.25) is 9.69 Å². The smallest absolute Gasteiger partial charge is 0.244 e. The molecule has 0 radical (unpaired) electrons. The second kappa shape index (κ2) is 10.5. The van der Waals surface area contributed by atoms with Gasteiger partial charge in [0.05, 0.1) is 11.1 Å². The maximum absolute atomic E-state index is 12.7. The van der Waals surface area contributed by atoms with E-state index in [0.717, 1.165) is 21.2 Å². The molecule has 0 aromatic heterocycles.